The van der Waals surface area contributed by atoms with Gasteiger partial charge in [0.25, 0.3) is 0 Å². The minimum absolute atomic E-state index is 0.0521. The fourth-order valence-electron chi connectivity index (χ4n) is 1.95. The van der Waals surface area contributed by atoms with Gasteiger partial charge in [0.15, 0.2) is 0 Å². The van der Waals surface area contributed by atoms with Crippen molar-refractivity contribution in [3.05, 3.63) is 45.5 Å². The Morgan fingerprint density at radius 1 is 1.13 bits per heavy atom. The molecule has 1 aliphatic carbocycles. The standard InChI is InChI=1S/C12H13Cl2N/c13-10-5-9(6-11(14)7-10)12(15)8-3-1-2-4-8/h3,5-7,12H,1-2,4,15H2. The normalized spacial score (nSPS) is 17.7. The Morgan fingerprint density at radius 2 is 1.80 bits per heavy atom. The van der Waals surface area contributed by atoms with E-state index >= 15 is 0 Å². The van der Waals surface area contributed by atoms with Crippen molar-refractivity contribution in [3.8, 4) is 0 Å². The molecule has 0 fully saturated rings. The predicted molar refractivity (Wildman–Crippen MR) is 65.3 cm³/mol. The first-order valence-corrected chi connectivity index (χ1v) is 5.83. The Kier molecular flexibility index (Phi) is 3.35. The second kappa shape index (κ2) is 4.56. The highest BCUT2D eigenvalue weighted by molar-refractivity contribution is 6.34. The first-order chi connectivity index (χ1) is 7.16. The second-order valence-corrected chi connectivity index (χ2v) is 4.72. The van der Waals surface area contributed by atoms with Gasteiger partial charge in [-0.2, -0.15) is 0 Å². The average Bonchev–Trinajstić information content (AvgIpc) is 2.67. The monoisotopic (exact) mass is 241 g/mol. The summed E-state index contributed by atoms with van der Waals surface area (Å²) >= 11 is 11.9. The van der Waals surface area contributed by atoms with Gasteiger partial charge in [-0.05, 0) is 43.0 Å². The predicted octanol–water partition coefficient (Wildman–Crippen LogP) is 4.10. The smallest absolute Gasteiger partial charge is 0.0512 e. The van der Waals surface area contributed by atoms with Crippen molar-refractivity contribution >= 4 is 23.2 Å². The number of hydrogen-bond acceptors (Lipinski definition) is 1. The third kappa shape index (κ3) is 2.54. The lowest BCUT2D eigenvalue weighted by atomic mass is 9.99. The minimum Gasteiger partial charge on any atom is -0.321 e. The van der Waals surface area contributed by atoms with Gasteiger partial charge in [-0.25, -0.2) is 0 Å². The summed E-state index contributed by atoms with van der Waals surface area (Å²) in [6.07, 6.45) is 5.65. The van der Waals surface area contributed by atoms with Crippen molar-refractivity contribution in [1.29, 1.82) is 0 Å². The zero-order chi connectivity index (χ0) is 10.8. The summed E-state index contributed by atoms with van der Waals surface area (Å²) in [4.78, 5) is 0. The van der Waals surface area contributed by atoms with Crippen molar-refractivity contribution in [2.45, 2.75) is 25.3 Å². The van der Waals surface area contributed by atoms with Crippen molar-refractivity contribution in [2.24, 2.45) is 5.73 Å². The van der Waals surface area contributed by atoms with E-state index < -0.39 is 0 Å². The van der Waals surface area contributed by atoms with Crippen LogP contribution in [0.5, 0.6) is 0 Å². The highest BCUT2D eigenvalue weighted by Gasteiger charge is 2.15. The van der Waals surface area contributed by atoms with Crippen LogP contribution >= 0.6 is 23.2 Å². The highest BCUT2D eigenvalue weighted by atomic mass is 35.5. The van der Waals surface area contributed by atoms with Crippen LogP contribution < -0.4 is 5.73 Å². The molecule has 1 unspecified atom stereocenters. The molecule has 0 bridgehead atoms. The van der Waals surface area contributed by atoms with E-state index in [4.69, 9.17) is 28.9 Å². The zero-order valence-corrected chi connectivity index (χ0v) is 9.85. The average molecular weight is 242 g/mol. The molecule has 1 nitrogen and oxygen atoms in total. The molecule has 1 aromatic rings. The highest BCUT2D eigenvalue weighted by Crippen LogP contribution is 2.31. The number of benzene rings is 1. The van der Waals surface area contributed by atoms with E-state index in [0.29, 0.717) is 10.0 Å². The SMILES string of the molecule is NC(C1=CCCC1)c1cc(Cl)cc(Cl)c1. The van der Waals surface area contributed by atoms with Gasteiger partial charge < -0.3 is 5.73 Å². The maximum Gasteiger partial charge on any atom is 0.0512 e. The van der Waals surface area contributed by atoms with Crippen LogP contribution in [0.25, 0.3) is 0 Å². The summed E-state index contributed by atoms with van der Waals surface area (Å²) in [5.41, 5.74) is 8.45. The fraction of sp³-hybridized carbons (Fsp3) is 0.333. The van der Waals surface area contributed by atoms with Crippen molar-refractivity contribution in [1.82, 2.24) is 0 Å². The number of allylic oxidation sites excluding steroid dienone is 1. The molecule has 0 saturated carbocycles. The maximum absolute atomic E-state index is 6.15. The van der Waals surface area contributed by atoms with Gasteiger partial charge in [0.1, 0.15) is 0 Å². The van der Waals surface area contributed by atoms with Crippen LogP contribution in [0.3, 0.4) is 0 Å². The Bertz CT molecular complexity index is 378. The summed E-state index contributed by atoms with van der Waals surface area (Å²) in [5.74, 6) is 0. The molecule has 0 spiro atoms. The largest absolute Gasteiger partial charge is 0.321 e. The number of hydrogen-bond donors (Lipinski definition) is 1. The van der Waals surface area contributed by atoms with E-state index in [2.05, 4.69) is 6.08 Å². The Morgan fingerprint density at radius 3 is 2.33 bits per heavy atom. The molecule has 0 saturated heterocycles. The van der Waals surface area contributed by atoms with Gasteiger partial charge in [0.2, 0.25) is 0 Å². The van der Waals surface area contributed by atoms with E-state index in [1.54, 1.807) is 6.07 Å². The van der Waals surface area contributed by atoms with Gasteiger partial charge in [0.05, 0.1) is 6.04 Å². The molecular weight excluding hydrogens is 229 g/mol. The third-order valence-corrected chi connectivity index (χ3v) is 3.16. The molecule has 0 aromatic heterocycles. The molecule has 0 amide bonds. The van der Waals surface area contributed by atoms with E-state index in [9.17, 15) is 0 Å². The minimum atomic E-state index is -0.0521. The molecule has 2 N–H and O–H groups in total. The molecule has 1 atom stereocenters. The van der Waals surface area contributed by atoms with Crippen LogP contribution in [0, 0.1) is 0 Å². The second-order valence-electron chi connectivity index (χ2n) is 3.85. The van der Waals surface area contributed by atoms with Crippen LogP contribution in [0.2, 0.25) is 10.0 Å². The first-order valence-electron chi connectivity index (χ1n) is 5.07. The van der Waals surface area contributed by atoms with Crippen molar-refractivity contribution < 1.29 is 0 Å². The number of halogens is 2. The molecule has 80 valence electrons. The molecule has 2 rings (SSSR count). The van der Waals surface area contributed by atoms with E-state index in [-0.39, 0.29) is 6.04 Å². The first kappa shape index (κ1) is 11.0. The number of nitrogens with two attached hydrogens (primary N) is 1. The molecule has 3 heteroatoms. The number of rotatable bonds is 2. The van der Waals surface area contributed by atoms with Gasteiger partial charge in [-0.15, -0.1) is 0 Å². The molecule has 0 radical (unpaired) electrons. The Hall–Kier alpha value is -0.500. The third-order valence-electron chi connectivity index (χ3n) is 2.72. The topological polar surface area (TPSA) is 26.0 Å². The van der Waals surface area contributed by atoms with E-state index in [1.807, 2.05) is 12.1 Å². The summed E-state index contributed by atoms with van der Waals surface area (Å²) in [6, 6.07) is 5.44. The van der Waals surface area contributed by atoms with Crippen LogP contribution in [0.4, 0.5) is 0 Å². The lowest BCUT2D eigenvalue weighted by Crippen LogP contribution is -2.12. The molecule has 1 aromatic carbocycles. The molecular formula is C12H13Cl2N. The van der Waals surface area contributed by atoms with Crippen LogP contribution in [0.1, 0.15) is 30.9 Å². The van der Waals surface area contributed by atoms with Crippen LogP contribution in [-0.4, -0.2) is 0 Å². The van der Waals surface area contributed by atoms with E-state index in [1.165, 1.54) is 12.0 Å². The van der Waals surface area contributed by atoms with E-state index in [0.717, 1.165) is 18.4 Å². The van der Waals surface area contributed by atoms with Crippen molar-refractivity contribution in [2.75, 3.05) is 0 Å². The lowest BCUT2D eigenvalue weighted by molar-refractivity contribution is 0.785. The molecule has 0 aliphatic heterocycles. The molecule has 15 heavy (non-hydrogen) atoms. The van der Waals surface area contributed by atoms with Gasteiger partial charge in [-0.1, -0.05) is 34.9 Å². The summed E-state index contributed by atoms with van der Waals surface area (Å²) in [5, 5.41) is 1.29. The Labute approximate surface area is 99.9 Å². The summed E-state index contributed by atoms with van der Waals surface area (Å²) in [6.45, 7) is 0. The summed E-state index contributed by atoms with van der Waals surface area (Å²) < 4.78 is 0. The Balaban J connectivity index is 2.28. The van der Waals surface area contributed by atoms with Gasteiger partial charge >= 0.3 is 0 Å². The summed E-state index contributed by atoms with van der Waals surface area (Å²) in [7, 11) is 0. The quantitative estimate of drug-likeness (QED) is 0.776. The van der Waals surface area contributed by atoms with Gasteiger partial charge in [-0.3, -0.25) is 0 Å². The van der Waals surface area contributed by atoms with Crippen LogP contribution in [-0.2, 0) is 0 Å². The molecule has 1 aliphatic rings. The van der Waals surface area contributed by atoms with Crippen LogP contribution in [0.15, 0.2) is 29.8 Å². The molecule has 0 heterocycles. The van der Waals surface area contributed by atoms with Gasteiger partial charge in [0, 0.05) is 10.0 Å². The maximum atomic E-state index is 6.15. The zero-order valence-electron chi connectivity index (χ0n) is 8.34. The fourth-order valence-corrected chi connectivity index (χ4v) is 2.49. The van der Waals surface area contributed by atoms with Crippen molar-refractivity contribution in [3.63, 3.8) is 0 Å². The lowest BCUT2D eigenvalue weighted by Gasteiger charge is -2.14.